The van der Waals surface area contributed by atoms with Gasteiger partial charge >= 0.3 is 5.69 Å². The van der Waals surface area contributed by atoms with Crippen molar-refractivity contribution in [1.29, 1.82) is 0 Å². The molecule has 2 aromatic carbocycles. The van der Waals surface area contributed by atoms with Gasteiger partial charge in [-0.2, -0.15) is 4.98 Å². The number of amides is 1. The third-order valence-electron chi connectivity index (χ3n) is 11.6. The summed E-state index contributed by atoms with van der Waals surface area (Å²) in [6, 6.07) is 11.7. The van der Waals surface area contributed by atoms with Gasteiger partial charge in [0.1, 0.15) is 17.9 Å². The first-order valence-electron chi connectivity index (χ1n) is 21.7. The molecule has 0 spiro atoms. The van der Waals surface area contributed by atoms with E-state index in [-0.39, 0.29) is 41.2 Å². The van der Waals surface area contributed by atoms with Crippen molar-refractivity contribution < 1.29 is 37.3 Å². The number of aliphatic hydroxyl groups excluding tert-OH is 1. The lowest BCUT2D eigenvalue weighted by Gasteiger charge is -2.26. The number of sulfonamides is 1. The molecule has 3 aromatic heterocycles. The predicted octanol–water partition coefficient (Wildman–Crippen LogP) is 3.67. The summed E-state index contributed by atoms with van der Waals surface area (Å²) in [6.45, 7) is 6.80. The minimum atomic E-state index is -3.78. The Bertz CT molecular complexity index is 2620. The van der Waals surface area contributed by atoms with E-state index in [1.54, 1.807) is 47.5 Å². The quantitative estimate of drug-likeness (QED) is 0.0731. The summed E-state index contributed by atoms with van der Waals surface area (Å²) >= 11 is 0. The molecular weight excluding hydrogens is 833 g/mol. The van der Waals surface area contributed by atoms with Crippen LogP contribution in [0.15, 0.2) is 63.1 Å². The molecule has 7 rings (SSSR count). The molecule has 5 aromatic rings. The number of aromatic nitrogens is 5. The van der Waals surface area contributed by atoms with E-state index in [2.05, 4.69) is 20.3 Å². The largest absolute Gasteiger partial charge is 0.379 e. The maximum Gasteiger partial charge on any atom is 0.329 e. The molecule has 63 heavy (non-hydrogen) atoms. The van der Waals surface area contributed by atoms with Crippen LogP contribution in [0, 0.1) is 13.8 Å². The summed E-state index contributed by atoms with van der Waals surface area (Å²) in [4.78, 5) is 47.8. The Morgan fingerprint density at radius 1 is 0.810 bits per heavy atom. The molecule has 4 heterocycles. The minimum absolute atomic E-state index is 0.0612. The molecule has 1 aliphatic heterocycles. The van der Waals surface area contributed by atoms with Crippen LogP contribution in [-0.4, -0.2) is 109 Å². The fraction of sp³-hybridized carbons (Fsp3) is 0.523. The number of pyridine rings is 1. The van der Waals surface area contributed by atoms with E-state index in [0.717, 1.165) is 60.6 Å². The molecule has 19 heteroatoms. The van der Waals surface area contributed by atoms with Gasteiger partial charge in [-0.25, -0.2) is 22.9 Å². The number of anilines is 2. The van der Waals surface area contributed by atoms with Crippen molar-refractivity contribution in [3.8, 4) is 0 Å². The van der Waals surface area contributed by atoms with Gasteiger partial charge in [0.25, 0.3) is 5.56 Å². The van der Waals surface area contributed by atoms with E-state index >= 15 is 0 Å². The van der Waals surface area contributed by atoms with E-state index in [4.69, 9.17) is 23.9 Å². The predicted molar refractivity (Wildman–Crippen MR) is 237 cm³/mol. The molecule has 2 fully saturated rings. The second-order valence-electron chi connectivity index (χ2n) is 16.1. The fourth-order valence-corrected chi connectivity index (χ4v) is 9.37. The summed E-state index contributed by atoms with van der Waals surface area (Å²) in [7, 11) is -2.09. The second-order valence-corrected chi connectivity index (χ2v) is 17.9. The zero-order chi connectivity index (χ0) is 44.5. The highest BCUT2D eigenvalue weighted by molar-refractivity contribution is 7.89. The van der Waals surface area contributed by atoms with Crippen molar-refractivity contribution in [2.75, 3.05) is 64.7 Å². The highest BCUT2D eigenvalue weighted by Gasteiger charge is 2.31. The molecule has 1 saturated heterocycles. The smallest absolute Gasteiger partial charge is 0.329 e. The second kappa shape index (κ2) is 21.1. The lowest BCUT2D eigenvalue weighted by molar-refractivity contribution is -0.130. The van der Waals surface area contributed by atoms with Crippen LogP contribution in [0.1, 0.15) is 73.7 Å². The van der Waals surface area contributed by atoms with Crippen molar-refractivity contribution in [2.45, 2.75) is 88.4 Å². The number of rotatable bonds is 22. The van der Waals surface area contributed by atoms with Crippen LogP contribution >= 0.6 is 0 Å². The van der Waals surface area contributed by atoms with Gasteiger partial charge < -0.3 is 34.7 Å². The molecule has 0 bridgehead atoms. The summed E-state index contributed by atoms with van der Waals surface area (Å²) in [5.74, 6) is -0.0263. The average molecular weight is 891 g/mol. The average Bonchev–Trinajstić information content (AvgIpc) is 3.87. The maximum atomic E-state index is 13.0. The molecule has 2 atom stereocenters. The number of aryl methyl sites for hydroxylation is 4. The lowest BCUT2D eigenvalue weighted by atomic mass is 10.0. The zero-order valence-corrected chi connectivity index (χ0v) is 37.0. The van der Waals surface area contributed by atoms with E-state index in [0.29, 0.717) is 87.5 Å². The molecule has 1 aliphatic carbocycles. The summed E-state index contributed by atoms with van der Waals surface area (Å²) < 4.78 is 55.9. The minimum Gasteiger partial charge on any atom is -0.379 e. The van der Waals surface area contributed by atoms with Gasteiger partial charge in [-0.3, -0.25) is 23.3 Å². The summed E-state index contributed by atoms with van der Waals surface area (Å²) in [5, 5.41) is 16.3. The van der Waals surface area contributed by atoms with Gasteiger partial charge in [0.15, 0.2) is 0 Å². The van der Waals surface area contributed by atoms with Crippen molar-refractivity contribution >= 4 is 49.6 Å². The molecule has 1 amide bonds. The number of carbonyl (C=O) groups is 1. The Labute approximate surface area is 366 Å². The number of imidazole rings is 1. The Balaban J connectivity index is 0.732. The number of aliphatic hydroxyl groups is 1. The number of fused-ring (bicyclic) bond motifs is 2. The molecule has 2 unspecified atom stereocenters. The van der Waals surface area contributed by atoms with Gasteiger partial charge in [-0.15, -0.1) is 0 Å². The van der Waals surface area contributed by atoms with E-state index < -0.39 is 22.3 Å². The fourth-order valence-electron chi connectivity index (χ4n) is 8.27. The van der Waals surface area contributed by atoms with Crippen molar-refractivity contribution in [3.63, 3.8) is 0 Å². The molecule has 340 valence electrons. The number of piperidine rings is 1. The molecular formula is C44H58N8O10S. The van der Waals surface area contributed by atoms with Crippen LogP contribution < -0.4 is 26.6 Å². The number of nitrogens with zero attached hydrogens (tertiary/aromatic N) is 5. The Kier molecular flexibility index (Phi) is 15.4. The highest BCUT2D eigenvalue weighted by atomic mass is 32.2. The van der Waals surface area contributed by atoms with Crippen LogP contribution in [0.25, 0.3) is 22.1 Å². The molecule has 2 aliphatic rings. The molecule has 0 radical (unpaired) electrons. The van der Waals surface area contributed by atoms with E-state index in [1.807, 2.05) is 25.1 Å². The van der Waals surface area contributed by atoms with Gasteiger partial charge in [-0.05, 0) is 99.4 Å². The number of carbonyl (C=O) groups excluding carboxylic acids is 1. The Morgan fingerprint density at radius 2 is 1.51 bits per heavy atom. The maximum absolute atomic E-state index is 13.0. The van der Waals surface area contributed by atoms with Gasteiger partial charge in [0.2, 0.25) is 21.9 Å². The van der Waals surface area contributed by atoms with Crippen LogP contribution in [0.4, 0.5) is 11.6 Å². The molecule has 18 nitrogen and oxygen atoms in total. The first-order valence-corrected chi connectivity index (χ1v) is 23.1. The number of benzene rings is 2. The van der Waals surface area contributed by atoms with Crippen molar-refractivity contribution in [2.24, 2.45) is 7.05 Å². The number of ether oxygens (including phenoxy) is 4. The first-order chi connectivity index (χ1) is 30.4. The van der Waals surface area contributed by atoms with Gasteiger partial charge in [-0.1, -0.05) is 18.9 Å². The standard InChI is InChI=1S/C44H58N8O10S/c1-29-26-40(54)51(32-8-4-5-9-32)41-34(29)28-45-43(49-41)47-35-12-11-33(25-30(35)2)63(57,58)46-16-18-60-20-22-62-24-23-61-21-19-59-17-6-7-31-10-13-36-38(27-31)50(3)44(56)52(36)37-14-15-39(53)48-42(37)55/h10-13,25-28,32,37,39,46,53H,4-9,14-24H2,1-3H3,(H,48,55)(H,45,47,49). The van der Waals surface area contributed by atoms with Gasteiger partial charge in [0, 0.05) is 49.6 Å². The number of nitrogens with one attached hydrogen (secondary N) is 3. The molecule has 4 N–H and O–H groups in total. The summed E-state index contributed by atoms with van der Waals surface area (Å²) in [5.41, 5.74) is 4.95. The topological polar surface area (TPSA) is 219 Å². The van der Waals surface area contributed by atoms with Gasteiger partial charge in [0.05, 0.1) is 62.2 Å². The van der Waals surface area contributed by atoms with Crippen LogP contribution in [0.2, 0.25) is 0 Å². The lowest BCUT2D eigenvalue weighted by Crippen LogP contribution is -2.46. The highest BCUT2D eigenvalue weighted by Crippen LogP contribution is 2.32. The first kappa shape index (κ1) is 46.0. The third kappa shape index (κ3) is 11.2. The number of hydrogen-bond acceptors (Lipinski definition) is 13. The monoisotopic (exact) mass is 890 g/mol. The third-order valence-corrected chi connectivity index (χ3v) is 13.1. The molecule has 1 saturated carbocycles. The normalized spacial score (nSPS) is 17.2. The van der Waals surface area contributed by atoms with Crippen LogP contribution in [0.5, 0.6) is 0 Å². The van der Waals surface area contributed by atoms with Crippen molar-refractivity contribution in [1.82, 2.24) is 33.7 Å². The van der Waals surface area contributed by atoms with E-state index in [9.17, 15) is 27.9 Å². The zero-order valence-electron chi connectivity index (χ0n) is 36.1. The Hall–Kier alpha value is -5.02. The number of hydrogen-bond donors (Lipinski definition) is 4. The van der Waals surface area contributed by atoms with Crippen LogP contribution in [-0.2, 0) is 47.2 Å². The summed E-state index contributed by atoms with van der Waals surface area (Å²) in [6.07, 6.45) is 7.23. The SMILES string of the molecule is Cc1cc(S(=O)(=O)NCCOCCOCCOCCOCCCc2ccc3c(c2)n(C)c(=O)n3C2CCC(O)NC2=O)ccc1Nc1ncc2c(C)cc(=O)n(C3CCCC3)c2n1. The van der Waals surface area contributed by atoms with Crippen LogP contribution in [0.3, 0.4) is 0 Å². The Morgan fingerprint density at radius 3 is 2.21 bits per heavy atom. The van der Waals surface area contributed by atoms with Crippen molar-refractivity contribution in [3.05, 3.63) is 86.2 Å². The van der Waals surface area contributed by atoms with E-state index in [1.165, 1.54) is 10.6 Å².